The Balaban J connectivity index is 0.00000196. The zero-order chi connectivity index (χ0) is 10.7. The molecular formula is C9H10BrClFNO2. The van der Waals surface area contributed by atoms with Crippen molar-refractivity contribution < 1.29 is 13.9 Å². The lowest BCUT2D eigenvalue weighted by molar-refractivity contribution is -0.142. The van der Waals surface area contributed by atoms with E-state index < -0.39 is 17.8 Å². The van der Waals surface area contributed by atoms with Crippen LogP contribution in [0.4, 0.5) is 4.39 Å². The van der Waals surface area contributed by atoms with Crippen LogP contribution < -0.4 is 5.73 Å². The molecule has 1 aromatic carbocycles. The second-order valence-corrected chi connectivity index (χ2v) is 3.53. The number of hydrogen-bond acceptors (Lipinski definition) is 3. The van der Waals surface area contributed by atoms with Gasteiger partial charge in [-0.3, -0.25) is 4.79 Å². The zero-order valence-electron chi connectivity index (χ0n) is 7.87. The third-order valence-electron chi connectivity index (χ3n) is 1.76. The van der Waals surface area contributed by atoms with Gasteiger partial charge in [-0.1, -0.05) is 6.07 Å². The molecule has 3 nitrogen and oxygen atoms in total. The van der Waals surface area contributed by atoms with Gasteiger partial charge in [0.1, 0.15) is 11.9 Å². The van der Waals surface area contributed by atoms with Gasteiger partial charge in [0.15, 0.2) is 0 Å². The van der Waals surface area contributed by atoms with Crippen LogP contribution in [-0.4, -0.2) is 13.1 Å². The van der Waals surface area contributed by atoms with E-state index in [4.69, 9.17) is 5.73 Å². The first-order valence-electron chi connectivity index (χ1n) is 3.84. The molecule has 1 unspecified atom stereocenters. The minimum atomic E-state index is -0.942. The first-order chi connectivity index (χ1) is 6.56. The summed E-state index contributed by atoms with van der Waals surface area (Å²) in [5.41, 5.74) is 5.90. The predicted octanol–water partition coefficient (Wildman–Crippen LogP) is 2.18. The summed E-state index contributed by atoms with van der Waals surface area (Å²) in [6.07, 6.45) is 0. The molecule has 0 heterocycles. The number of halogens is 3. The fourth-order valence-corrected chi connectivity index (χ4v) is 1.22. The molecule has 0 saturated carbocycles. The Labute approximate surface area is 101 Å². The smallest absolute Gasteiger partial charge is 0.327 e. The summed E-state index contributed by atoms with van der Waals surface area (Å²) in [6.45, 7) is 0. The number of benzene rings is 1. The van der Waals surface area contributed by atoms with E-state index in [2.05, 4.69) is 20.7 Å². The van der Waals surface area contributed by atoms with Crippen LogP contribution >= 0.6 is 28.3 Å². The molecule has 0 aliphatic rings. The van der Waals surface area contributed by atoms with Crippen molar-refractivity contribution in [1.82, 2.24) is 0 Å². The molecule has 15 heavy (non-hydrogen) atoms. The van der Waals surface area contributed by atoms with Gasteiger partial charge < -0.3 is 10.5 Å². The molecule has 0 spiro atoms. The largest absolute Gasteiger partial charge is 0.468 e. The number of carbonyl (C=O) groups excluding carboxylic acids is 1. The number of carbonyl (C=O) groups is 1. The van der Waals surface area contributed by atoms with Crippen LogP contribution in [0.2, 0.25) is 0 Å². The van der Waals surface area contributed by atoms with E-state index >= 15 is 0 Å². The zero-order valence-corrected chi connectivity index (χ0v) is 10.3. The Morgan fingerprint density at radius 1 is 1.60 bits per heavy atom. The minimum absolute atomic E-state index is 0. The molecular weight excluding hydrogens is 288 g/mol. The number of ether oxygens (including phenoxy) is 1. The van der Waals surface area contributed by atoms with Crippen LogP contribution in [0, 0.1) is 5.82 Å². The van der Waals surface area contributed by atoms with E-state index in [0.717, 1.165) is 0 Å². The van der Waals surface area contributed by atoms with E-state index in [-0.39, 0.29) is 12.4 Å². The molecule has 2 N–H and O–H groups in total. The highest BCUT2D eigenvalue weighted by Gasteiger charge is 2.17. The van der Waals surface area contributed by atoms with Gasteiger partial charge in [0.2, 0.25) is 0 Å². The normalized spacial score (nSPS) is 11.5. The maximum Gasteiger partial charge on any atom is 0.327 e. The van der Waals surface area contributed by atoms with Crippen molar-refractivity contribution >= 4 is 34.3 Å². The number of esters is 1. The average Bonchev–Trinajstić information content (AvgIpc) is 2.20. The highest BCUT2D eigenvalue weighted by Crippen LogP contribution is 2.20. The first-order valence-corrected chi connectivity index (χ1v) is 4.64. The van der Waals surface area contributed by atoms with Crippen LogP contribution in [0.5, 0.6) is 0 Å². The fourth-order valence-electron chi connectivity index (χ4n) is 0.969. The molecule has 6 heteroatoms. The Bertz CT molecular complexity index is 362. The molecule has 84 valence electrons. The van der Waals surface area contributed by atoms with Crippen molar-refractivity contribution in [2.75, 3.05) is 7.11 Å². The molecule has 0 aromatic heterocycles. The summed E-state index contributed by atoms with van der Waals surface area (Å²) in [5, 5.41) is 0. The summed E-state index contributed by atoms with van der Waals surface area (Å²) < 4.78 is 17.8. The van der Waals surface area contributed by atoms with Crippen molar-refractivity contribution in [3.05, 3.63) is 34.1 Å². The van der Waals surface area contributed by atoms with E-state index in [0.29, 0.717) is 10.0 Å². The van der Waals surface area contributed by atoms with Crippen LogP contribution in [0.15, 0.2) is 22.7 Å². The third kappa shape index (κ3) is 3.44. The number of rotatable bonds is 2. The highest BCUT2D eigenvalue weighted by atomic mass is 79.9. The summed E-state index contributed by atoms with van der Waals surface area (Å²) in [4.78, 5) is 11.0. The molecule has 1 aromatic rings. The van der Waals surface area contributed by atoms with Crippen LogP contribution in [-0.2, 0) is 9.53 Å². The van der Waals surface area contributed by atoms with Gasteiger partial charge in [0.25, 0.3) is 0 Å². The Morgan fingerprint density at radius 2 is 2.20 bits per heavy atom. The standard InChI is InChI=1S/C9H9BrFNO2.ClH/c1-14-9(13)8(12)5-2-3-6(10)7(11)4-5;/h2-4,8H,12H2,1H3;1H. The van der Waals surface area contributed by atoms with E-state index in [1.165, 1.54) is 19.2 Å². The van der Waals surface area contributed by atoms with Crippen molar-refractivity contribution in [3.8, 4) is 0 Å². The molecule has 0 bridgehead atoms. The van der Waals surface area contributed by atoms with Crippen LogP contribution in [0.1, 0.15) is 11.6 Å². The van der Waals surface area contributed by atoms with E-state index in [1.54, 1.807) is 6.07 Å². The predicted molar refractivity (Wildman–Crippen MR) is 60.3 cm³/mol. The molecule has 0 fully saturated rings. The first kappa shape index (κ1) is 14.3. The summed E-state index contributed by atoms with van der Waals surface area (Å²) in [6, 6.07) is 3.32. The summed E-state index contributed by atoms with van der Waals surface area (Å²) >= 11 is 3.00. The Kier molecular flexibility index (Phi) is 5.79. The quantitative estimate of drug-likeness (QED) is 0.852. The van der Waals surface area contributed by atoms with Gasteiger partial charge in [-0.05, 0) is 33.6 Å². The molecule has 0 aliphatic carbocycles. The van der Waals surface area contributed by atoms with Crippen molar-refractivity contribution in [2.24, 2.45) is 5.73 Å². The van der Waals surface area contributed by atoms with Crippen LogP contribution in [0.3, 0.4) is 0 Å². The van der Waals surface area contributed by atoms with Crippen molar-refractivity contribution in [1.29, 1.82) is 0 Å². The van der Waals surface area contributed by atoms with E-state index in [1.807, 2.05) is 0 Å². The van der Waals surface area contributed by atoms with Gasteiger partial charge in [-0.25, -0.2) is 4.39 Å². The maximum absolute atomic E-state index is 13.1. The number of nitrogens with two attached hydrogens (primary N) is 1. The maximum atomic E-state index is 13.1. The lowest BCUT2D eigenvalue weighted by Gasteiger charge is -2.09. The van der Waals surface area contributed by atoms with Crippen molar-refractivity contribution in [3.63, 3.8) is 0 Å². The number of methoxy groups -OCH3 is 1. The lowest BCUT2D eigenvalue weighted by atomic mass is 10.1. The van der Waals surface area contributed by atoms with Gasteiger partial charge in [-0.2, -0.15) is 0 Å². The minimum Gasteiger partial charge on any atom is -0.468 e. The van der Waals surface area contributed by atoms with Gasteiger partial charge in [-0.15, -0.1) is 12.4 Å². The van der Waals surface area contributed by atoms with Gasteiger partial charge >= 0.3 is 5.97 Å². The molecule has 1 atom stereocenters. The topological polar surface area (TPSA) is 52.3 Å². The van der Waals surface area contributed by atoms with E-state index in [9.17, 15) is 9.18 Å². The molecule has 0 radical (unpaired) electrons. The highest BCUT2D eigenvalue weighted by molar-refractivity contribution is 9.10. The van der Waals surface area contributed by atoms with Crippen molar-refractivity contribution in [2.45, 2.75) is 6.04 Å². The van der Waals surface area contributed by atoms with Crippen LogP contribution in [0.25, 0.3) is 0 Å². The van der Waals surface area contributed by atoms with Gasteiger partial charge in [0, 0.05) is 0 Å². The fraction of sp³-hybridized carbons (Fsp3) is 0.222. The second-order valence-electron chi connectivity index (χ2n) is 2.67. The molecule has 0 saturated heterocycles. The third-order valence-corrected chi connectivity index (χ3v) is 2.40. The SMILES string of the molecule is COC(=O)C(N)c1ccc(Br)c(F)c1.Cl. The molecule has 0 amide bonds. The number of hydrogen-bond donors (Lipinski definition) is 1. The summed E-state index contributed by atoms with van der Waals surface area (Å²) in [7, 11) is 1.23. The lowest BCUT2D eigenvalue weighted by Crippen LogP contribution is -2.22. The van der Waals surface area contributed by atoms with Gasteiger partial charge in [0.05, 0.1) is 11.6 Å². The Hall–Kier alpha value is -0.650. The summed E-state index contributed by atoms with van der Waals surface area (Å²) in [5.74, 6) is -1.05. The second kappa shape index (κ2) is 6.05. The molecule has 1 rings (SSSR count). The Morgan fingerprint density at radius 3 is 2.67 bits per heavy atom. The monoisotopic (exact) mass is 297 g/mol. The average molecular weight is 299 g/mol. The molecule has 0 aliphatic heterocycles.